The Kier molecular flexibility index (Phi) is 7.05. The van der Waals surface area contributed by atoms with E-state index in [4.69, 9.17) is 10.2 Å². The second kappa shape index (κ2) is 9.76. The van der Waals surface area contributed by atoms with E-state index in [1.165, 1.54) is 26.2 Å². The van der Waals surface area contributed by atoms with Crippen molar-refractivity contribution in [2.24, 2.45) is 11.8 Å². The third kappa shape index (κ3) is 5.33. The lowest BCUT2D eigenvalue weighted by molar-refractivity contribution is 0.0955. The third-order valence-corrected chi connectivity index (χ3v) is 4.92. The largest absolute Gasteiger partial charge is 0.454 e. The van der Waals surface area contributed by atoms with Crippen LogP contribution in [0.4, 0.5) is 11.5 Å². The van der Waals surface area contributed by atoms with Crippen molar-refractivity contribution in [1.29, 1.82) is 0 Å². The summed E-state index contributed by atoms with van der Waals surface area (Å²) in [5.41, 5.74) is 4.57. The molecule has 176 valence electrons. The first kappa shape index (κ1) is 23.8. The topological polar surface area (TPSA) is 136 Å². The van der Waals surface area contributed by atoms with Crippen LogP contribution in [0.25, 0.3) is 0 Å². The van der Waals surface area contributed by atoms with Gasteiger partial charge in [-0.25, -0.2) is 4.79 Å². The average Bonchev–Trinajstić information content (AvgIpc) is 3.19. The summed E-state index contributed by atoms with van der Waals surface area (Å²) >= 11 is 0. The number of hydrogen-bond donors (Lipinski definition) is 2. The lowest BCUT2D eigenvalue weighted by Crippen LogP contribution is -2.43. The molecule has 33 heavy (non-hydrogen) atoms. The first-order valence-corrected chi connectivity index (χ1v) is 10.8. The van der Waals surface area contributed by atoms with Gasteiger partial charge in [-0.05, 0) is 30.0 Å². The molecule has 1 amide bonds. The number of H-pyrrole nitrogens is 1. The standard InChI is InChI=1S/C23H29N5O5/c1-14(2)11-27(19-20(24)28(12-15(3)4)23(32)25-21(19)30)22(31)17-9-8-16(33-17)13-26-10-6-5-7-18(26)29/h5-10,14-15H,11-13,24H2,1-4H3,(H,25,30,32). The lowest BCUT2D eigenvalue weighted by atomic mass is 10.2. The van der Waals surface area contributed by atoms with Gasteiger partial charge < -0.3 is 14.7 Å². The Hall–Kier alpha value is -3.82. The molecule has 0 aromatic carbocycles. The zero-order valence-corrected chi connectivity index (χ0v) is 19.2. The number of nitrogen functional groups attached to an aromatic ring is 1. The van der Waals surface area contributed by atoms with Crippen LogP contribution in [-0.4, -0.2) is 26.6 Å². The van der Waals surface area contributed by atoms with Crippen LogP contribution in [-0.2, 0) is 13.1 Å². The molecular formula is C23H29N5O5. The number of aromatic nitrogens is 3. The molecule has 0 radical (unpaired) electrons. The molecule has 3 rings (SSSR count). The number of aromatic amines is 1. The second-order valence-corrected chi connectivity index (χ2v) is 8.74. The zero-order chi connectivity index (χ0) is 24.3. The predicted molar refractivity (Wildman–Crippen MR) is 126 cm³/mol. The molecule has 0 fully saturated rings. The van der Waals surface area contributed by atoms with Crippen molar-refractivity contribution < 1.29 is 9.21 Å². The van der Waals surface area contributed by atoms with Crippen molar-refractivity contribution in [1.82, 2.24) is 14.1 Å². The fraction of sp³-hybridized carbons (Fsp3) is 0.391. The van der Waals surface area contributed by atoms with Gasteiger partial charge in [0.15, 0.2) is 11.4 Å². The second-order valence-electron chi connectivity index (χ2n) is 8.74. The number of carbonyl (C=O) groups excluding carboxylic acids is 1. The molecule has 3 aromatic rings. The Balaban J connectivity index is 2.01. The van der Waals surface area contributed by atoms with Gasteiger partial charge in [0.25, 0.3) is 17.0 Å². The number of nitrogens with two attached hydrogens (primary N) is 1. The van der Waals surface area contributed by atoms with Gasteiger partial charge in [0.1, 0.15) is 11.6 Å². The molecule has 0 spiro atoms. The van der Waals surface area contributed by atoms with E-state index in [-0.39, 0.29) is 54.3 Å². The van der Waals surface area contributed by atoms with E-state index >= 15 is 0 Å². The summed E-state index contributed by atoms with van der Waals surface area (Å²) in [6.45, 7) is 8.23. The molecule has 10 heteroatoms. The normalized spacial score (nSPS) is 11.3. The average molecular weight is 456 g/mol. The van der Waals surface area contributed by atoms with Crippen molar-refractivity contribution >= 4 is 17.4 Å². The van der Waals surface area contributed by atoms with Crippen molar-refractivity contribution in [2.75, 3.05) is 17.2 Å². The molecule has 0 unspecified atom stereocenters. The number of nitrogens with one attached hydrogen (secondary N) is 1. The quantitative estimate of drug-likeness (QED) is 0.532. The highest BCUT2D eigenvalue weighted by molar-refractivity contribution is 6.05. The van der Waals surface area contributed by atoms with Gasteiger partial charge in [-0.3, -0.25) is 28.8 Å². The van der Waals surface area contributed by atoms with Crippen LogP contribution in [0.1, 0.15) is 44.0 Å². The summed E-state index contributed by atoms with van der Waals surface area (Å²) in [5.74, 6) is -0.156. The van der Waals surface area contributed by atoms with Gasteiger partial charge in [0.2, 0.25) is 0 Å². The third-order valence-electron chi connectivity index (χ3n) is 4.92. The molecule has 0 saturated carbocycles. The summed E-state index contributed by atoms with van der Waals surface area (Å²) < 4.78 is 8.42. The van der Waals surface area contributed by atoms with Crippen molar-refractivity contribution in [3.05, 3.63) is 79.2 Å². The van der Waals surface area contributed by atoms with Crippen LogP contribution >= 0.6 is 0 Å². The van der Waals surface area contributed by atoms with Crippen molar-refractivity contribution in [3.63, 3.8) is 0 Å². The summed E-state index contributed by atoms with van der Waals surface area (Å²) in [6.07, 6.45) is 1.62. The van der Waals surface area contributed by atoms with Crippen LogP contribution in [0.3, 0.4) is 0 Å². The monoisotopic (exact) mass is 455 g/mol. The number of anilines is 2. The first-order valence-electron chi connectivity index (χ1n) is 10.8. The molecule has 0 aliphatic carbocycles. The Morgan fingerprint density at radius 2 is 1.82 bits per heavy atom. The van der Waals surface area contributed by atoms with Crippen LogP contribution in [0.5, 0.6) is 0 Å². The van der Waals surface area contributed by atoms with E-state index in [1.807, 2.05) is 27.7 Å². The summed E-state index contributed by atoms with van der Waals surface area (Å²) in [4.78, 5) is 53.9. The first-order chi connectivity index (χ1) is 15.6. The molecule has 0 bridgehead atoms. The molecule has 10 nitrogen and oxygen atoms in total. The van der Waals surface area contributed by atoms with Crippen LogP contribution in [0, 0.1) is 11.8 Å². The molecular weight excluding hydrogens is 426 g/mol. The molecule has 3 aromatic heterocycles. The Labute approximate surface area is 190 Å². The van der Waals surface area contributed by atoms with E-state index < -0.39 is 17.2 Å². The van der Waals surface area contributed by atoms with Crippen molar-refractivity contribution in [3.8, 4) is 0 Å². The van der Waals surface area contributed by atoms with Crippen LogP contribution < -0.4 is 27.4 Å². The zero-order valence-electron chi connectivity index (χ0n) is 19.2. The van der Waals surface area contributed by atoms with E-state index in [0.29, 0.717) is 5.76 Å². The Morgan fingerprint density at radius 3 is 2.45 bits per heavy atom. The summed E-state index contributed by atoms with van der Waals surface area (Å²) in [6, 6.07) is 7.89. The minimum absolute atomic E-state index is 0.00412. The maximum atomic E-state index is 13.4. The fourth-order valence-corrected chi connectivity index (χ4v) is 3.50. The van der Waals surface area contributed by atoms with Crippen LogP contribution in [0.15, 0.2) is 55.3 Å². The number of amides is 1. The maximum absolute atomic E-state index is 13.4. The number of nitrogens with zero attached hydrogens (tertiary/aromatic N) is 3. The SMILES string of the molecule is CC(C)CN(C(=O)c1ccc(Cn2ccccc2=O)o1)c1c(N)n(CC(C)C)c(=O)[nH]c1=O. The fourth-order valence-electron chi connectivity index (χ4n) is 3.50. The molecule has 0 atom stereocenters. The van der Waals surface area contributed by atoms with E-state index in [0.717, 1.165) is 0 Å². The summed E-state index contributed by atoms with van der Waals surface area (Å²) in [7, 11) is 0. The minimum atomic E-state index is -0.742. The smallest absolute Gasteiger partial charge is 0.330 e. The van der Waals surface area contributed by atoms with E-state index in [2.05, 4.69) is 4.98 Å². The minimum Gasteiger partial charge on any atom is -0.454 e. The highest BCUT2D eigenvalue weighted by Gasteiger charge is 2.28. The Bertz CT molecular complexity index is 1310. The van der Waals surface area contributed by atoms with Gasteiger partial charge in [-0.15, -0.1) is 0 Å². The molecule has 0 saturated heterocycles. The highest BCUT2D eigenvalue weighted by atomic mass is 16.4. The number of furan rings is 1. The Morgan fingerprint density at radius 1 is 1.09 bits per heavy atom. The van der Waals surface area contributed by atoms with Gasteiger partial charge in [0, 0.05) is 25.4 Å². The number of rotatable bonds is 8. The number of carbonyl (C=O) groups is 1. The number of pyridine rings is 1. The lowest BCUT2D eigenvalue weighted by Gasteiger charge is -2.25. The van der Waals surface area contributed by atoms with Gasteiger partial charge in [-0.1, -0.05) is 33.8 Å². The van der Waals surface area contributed by atoms with Crippen LogP contribution in [0.2, 0.25) is 0 Å². The van der Waals surface area contributed by atoms with Gasteiger partial charge >= 0.3 is 5.69 Å². The van der Waals surface area contributed by atoms with Gasteiger partial charge in [0.05, 0.1) is 6.54 Å². The maximum Gasteiger partial charge on any atom is 0.330 e. The predicted octanol–water partition coefficient (Wildman–Crippen LogP) is 1.88. The molecule has 0 aliphatic rings. The molecule has 0 aliphatic heterocycles. The molecule has 3 N–H and O–H groups in total. The van der Waals surface area contributed by atoms with E-state index in [9.17, 15) is 19.2 Å². The molecule has 3 heterocycles. The van der Waals surface area contributed by atoms with Crippen molar-refractivity contribution in [2.45, 2.75) is 40.8 Å². The van der Waals surface area contributed by atoms with Gasteiger partial charge in [-0.2, -0.15) is 0 Å². The highest BCUT2D eigenvalue weighted by Crippen LogP contribution is 2.22. The number of hydrogen-bond acceptors (Lipinski definition) is 6. The summed E-state index contributed by atoms with van der Waals surface area (Å²) in [5, 5.41) is 0. The van der Waals surface area contributed by atoms with E-state index in [1.54, 1.807) is 24.4 Å².